The molecule has 0 fully saturated rings. The lowest BCUT2D eigenvalue weighted by atomic mass is 10.3. The van der Waals surface area contributed by atoms with Crippen molar-refractivity contribution in [3.8, 4) is 5.69 Å². The van der Waals surface area contributed by atoms with Crippen LogP contribution in [0.1, 0.15) is 17.4 Å². The maximum Gasteiger partial charge on any atom is 0.211 e. The van der Waals surface area contributed by atoms with Crippen molar-refractivity contribution in [1.82, 2.24) is 9.78 Å². The van der Waals surface area contributed by atoms with E-state index in [4.69, 9.17) is 0 Å². The van der Waals surface area contributed by atoms with E-state index in [9.17, 15) is 9.59 Å². The van der Waals surface area contributed by atoms with Gasteiger partial charge in [0.05, 0.1) is 5.69 Å². The highest BCUT2D eigenvalue weighted by atomic mass is 79.9. The molecule has 0 aliphatic heterocycles. The standard InChI is InChI=1S/C12H9BrN2O2/c1-8(16)12-11(17)5-6-15(14-12)10-4-2-3-9(13)7-10/h2-7H,1H3. The third kappa shape index (κ3) is 2.50. The van der Waals surface area contributed by atoms with Crippen LogP contribution in [-0.4, -0.2) is 15.6 Å². The third-order valence-corrected chi connectivity index (χ3v) is 2.71. The lowest BCUT2D eigenvalue weighted by molar-refractivity contribution is 0.101. The summed E-state index contributed by atoms with van der Waals surface area (Å²) in [6.45, 7) is 1.33. The van der Waals surface area contributed by atoms with Crippen molar-refractivity contribution < 1.29 is 4.79 Å². The molecule has 86 valence electrons. The molecule has 0 atom stereocenters. The summed E-state index contributed by atoms with van der Waals surface area (Å²) in [6, 6.07) is 8.77. The van der Waals surface area contributed by atoms with E-state index >= 15 is 0 Å². The predicted molar refractivity (Wildman–Crippen MR) is 67.5 cm³/mol. The number of hydrogen-bond acceptors (Lipinski definition) is 3. The molecule has 0 saturated carbocycles. The van der Waals surface area contributed by atoms with Gasteiger partial charge in [-0.1, -0.05) is 22.0 Å². The monoisotopic (exact) mass is 292 g/mol. The number of Topliss-reactive ketones (excluding diaryl/α,β-unsaturated/α-hetero) is 1. The van der Waals surface area contributed by atoms with Crippen LogP contribution in [0.4, 0.5) is 0 Å². The highest BCUT2D eigenvalue weighted by Gasteiger charge is 2.08. The van der Waals surface area contributed by atoms with Crippen molar-refractivity contribution in [1.29, 1.82) is 0 Å². The SMILES string of the molecule is CC(=O)c1nn(-c2cccc(Br)c2)ccc1=O. The first kappa shape index (κ1) is 11.7. The molecule has 0 aliphatic rings. The van der Waals surface area contributed by atoms with E-state index in [1.165, 1.54) is 23.9 Å². The summed E-state index contributed by atoms with van der Waals surface area (Å²) in [5, 5.41) is 4.02. The van der Waals surface area contributed by atoms with Crippen molar-refractivity contribution in [2.45, 2.75) is 6.92 Å². The molecule has 2 aromatic rings. The molecule has 4 nitrogen and oxygen atoms in total. The van der Waals surface area contributed by atoms with Gasteiger partial charge in [-0.2, -0.15) is 5.10 Å². The molecule has 0 radical (unpaired) electrons. The van der Waals surface area contributed by atoms with Gasteiger partial charge in [-0.05, 0) is 18.2 Å². The molecule has 2 rings (SSSR count). The predicted octanol–water partition coefficient (Wildman–Crippen LogP) is 2.20. The van der Waals surface area contributed by atoms with Gasteiger partial charge in [0, 0.05) is 23.7 Å². The van der Waals surface area contributed by atoms with E-state index in [0.29, 0.717) is 0 Å². The Hall–Kier alpha value is -1.75. The number of hydrogen-bond donors (Lipinski definition) is 0. The minimum absolute atomic E-state index is 0.0486. The van der Waals surface area contributed by atoms with Crippen molar-refractivity contribution in [3.63, 3.8) is 0 Å². The van der Waals surface area contributed by atoms with Crippen LogP contribution in [0.25, 0.3) is 5.69 Å². The third-order valence-electron chi connectivity index (χ3n) is 2.21. The van der Waals surface area contributed by atoms with Gasteiger partial charge in [-0.25, -0.2) is 4.68 Å². The number of ketones is 1. The van der Waals surface area contributed by atoms with E-state index < -0.39 is 0 Å². The van der Waals surface area contributed by atoms with E-state index in [2.05, 4.69) is 21.0 Å². The van der Waals surface area contributed by atoms with Gasteiger partial charge in [-0.3, -0.25) is 9.59 Å². The Labute approximate surface area is 106 Å². The molecule has 0 saturated heterocycles. The second-order valence-electron chi connectivity index (χ2n) is 3.51. The van der Waals surface area contributed by atoms with Gasteiger partial charge in [0.2, 0.25) is 5.43 Å². The van der Waals surface area contributed by atoms with Crippen molar-refractivity contribution in [2.75, 3.05) is 0 Å². The Balaban J connectivity index is 2.58. The Morgan fingerprint density at radius 3 is 2.76 bits per heavy atom. The van der Waals surface area contributed by atoms with E-state index in [0.717, 1.165) is 10.2 Å². The summed E-state index contributed by atoms with van der Waals surface area (Å²) in [4.78, 5) is 22.6. The molecule has 1 aromatic carbocycles. The molecule has 0 aliphatic carbocycles. The molecule has 0 spiro atoms. The van der Waals surface area contributed by atoms with Crippen molar-refractivity contribution in [3.05, 3.63) is 56.9 Å². The first-order valence-corrected chi connectivity index (χ1v) is 5.74. The smallest absolute Gasteiger partial charge is 0.211 e. The molecule has 1 aromatic heterocycles. The molecule has 0 unspecified atom stereocenters. The minimum atomic E-state index is -0.358. The van der Waals surface area contributed by atoms with Crippen LogP contribution >= 0.6 is 15.9 Å². The average molecular weight is 293 g/mol. The lowest BCUT2D eigenvalue weighted by Gasteiger charge is -2.06. The number of aromatic nitrogens is 2. The van der Waals surface area contributed by atoms with Gasteiger partial charge in [-0.15, -0.1) is 0 Å². The van der Waals surface area contributed by atoms with Gasteiger partial charge >= 0.3 is 0 Å². The molecule has 0 N–H and O–H groups in total. The lowest BCUT2D eigenvalue weighted by Crippen LogP contribution is -2.18. The fraction of sp³-hybridized carbons (Fsp3) is 0.0833. The van der Waals surface area contributed by atoms with Crippen LogP contribution in [0, 0.1) is 0 Å². The highest BCUT2D eigenvalue weighted by molar-refractivity contribution is 9.10. The molecule has 0 bridgehead atoms. The van der Waals surface area contributed by atoms with E-state index in [1.54, 1.807) is 0 Å². The first-order valence-electron chi connectivity index (χ1n) is 4.95. The summed E-state index contributed by atoms with van der Waals surface area (Å²) in [5.74, 6) is -0.334. The summed E-state index contributed by atoms with van der Waals surface area (Å²) < 4.78 is 2.41. The van der Waals surface area contributed by atoms with E-state index in [1.807, 2.05) is 24.3 Å². The van der Waals surface area contributed by atoms with E-state index in [-0.39, 0.29) is 16.9 Å². The molecular weight excluding hydrogens is 284 g/mol. The van der Waals surface area contributed by atoms with Crippen LogP contribution in [0.15, 0.2) is 45.8 Å². The largest absolute Gasteiger partial charge is 0.293 e. The number of halogens is 1. The topological polar surface area (TPSA) is 52.0 Å². The van der Waals surface area contributed by atoms with Crippen LogP contribution in [0.3, 0.4) is 0 Å². The Morgan fingerprint density at radius 2 is 2.12 bits per heavy atom. The molecule has 1 heterocycles. The normalized spacial score (nSPS) is 10.2. The van der Waals surface area contributed by atoms with Gasteiger partial charge in [0.1, 0.15) is 0 Å². The summed E-state index contributed by atoms with van der Waals surface area (Å²) >= 11 is 3.35. The summed E-state index contributed by atoms with van der Waals surface area (Å²) in [5.41, 5.74) is 0.373. The molecule has 0 amide bonds. The highest BCUT2D eigenvalue weighted by Crippen LogP contribution is 2.14. The second kappa shape index (κ2) is 4.63. The summed E-state index contributed by atoms with van der Waals surface area (Å²) in [6.07, 6.45) is 1.54. The zero-order valence-electron chi connectivity index (χ0n) is 9.05. The van der Waals surface area contributed by atoms with Gasteiger partial charge < -0.3 is 0 Å². The zero-order valence-corrected chi connectivity index (χ0v) is 10.6. The minimum Gasteiger partial charge on any atom is -0.293 e. The average Bonchev–Trinajstić information content (AvgIpc) is 2.29. The van der Waals surface area contributed by atoms with Crippen molar-refractivity contribution >= 4 is 21.7 Å². The van der Waals surface area contributed by atoms with Crippen LogP contribution in [0.5, 0.6) is 0 Å². The number of nitrogens with zero attached hydrogens (tertiary/aromatic N) is 2. The fourth-order valence-corrected chi connectivity index (χ4v) is 1.80. The summed E-state index contributed by atoms with van der Waals surface area (Å²) in [7, 11) is 0. The van der Waals surface area contributed by atoms with Crippen LogP contribution in [0.2, 0.25) is 0 Å². The van der Waals surface area contributed by atoms with Crippen LogP contribution < -0.4 is 5.43 Å². The second-order valence-corrected chi connectivity index (χ2v) is 4.42. The number of rotatable bonds is 2. The van der Waals surface area contributed by atoms with Gasteiger partial charge in [0.25, 0.3) is 0 Å². The quantitative estimate of drug-likeness (QED) is 0.798. The van der Waals surface area contributed by atoms with Crippen molar-refractivity contribution in [2.24, 2.45) is 0 Å². The maximum atomic E-state index is 11.4. The maximum absolute atomic E-state index is 11.4. The fourth-order valence-electron chi connectivity index (χ4n) is 1.41. The number of benzene rings is 1. The van der Waals surface area contributed by atoms with Gasteiger partial charge in [0.15, 0.2) is 11.5 Å². The molecule has 5 heteroatoms. The Morgan fingerprint density at radius 1 is 1.35 bits per heavy atom. The first-order chi connectivity index (χ1) is 8.08. The van der Waals surface area contributed by atoms with Crippen LogP contribution in [-0.2, 0) is 0 Å². The Kier molecular flexibility index (Phi) is 3.19. The number of carbonyl (C=O) groups excluding carboxylic acids is 1. The zero-order chi connectivity index (χ0) is 12.4. The number of carbonyl (C=O) groups is 1. The molecule has 17 heavy (non-hydrogen) atoms. The molecular formula is C12H9BrN2O2. The Bertz CT molecular complexity index is 634.